The Bertz CT molecular complexity index is 366. The summed E-state index contributed by atoms with van der Waals surface area (Å²) in [5, 5.41) is 3.14. The van der Waals surface area contributed by atoms with Crippen molar-refractivity contribution >= 4 is 21.8 Å². The van der Waals surface area contributed by atoms with E-state index in [1.165, 1.54) is 25.7 Å². The second-order valence-electron chi connectivity index (χ2n) is 4.67. The van der Waals surface area contributed by atoms with Gasteiger partial charge in [-0.2, -0.15) is 0 Å². The Kier molecular flexibility index (Phi) is 4.60. The van der Waals surface area contributed by atoms with Gasteiger partial charge in [-0.3, -0.25) is 4.79 Å². The van der Waals surface area contributed by atoms with Crippen LogP contribution < -0.4 is 5.32 Å². The molecule has 0 unspecified atom stereocenters. The van der Waals surface area contributed by atoms with Crippen molar-refractivity contribution in [1.82, 2.24) is 5.32 Å². The zero-order valence-electron chi connectivity index (χ0n) is 9.92. The van der Waals surface area contributed by atoms with E-state index in [4.69, 9.17) is 0 Å². The first-order valence-electron chi connectivity index (χ1n) is 6.32. The lowest BCUT2D eigenvalue weighted by Gasteiger charge is -2.16. The van der Waals surface area contributed by atoms with E-state index < -0.39 is 0 Å². The van der Waals surface area contributed by atoms with Gasteiger partial charge in [0.2, 0.25) is 0 Å². The molecule has 2 nitrogen and oxygen atoms in total. The third-order valence-corrected chi connectivity index (χ3v) is 3.83. The van der Waals surface area contributed by atoms with Crippen LogP contribution in [-0.4, -0.2) is 11.9 Å². The van der Waals surface area contributed by atoms with E-state index in [0.29, 0.717) is 6.04 Å². The molecular formula is C14H18BrNO. The van der Waals surface area contributed by atoms with Gasteiger partial charge in [0.15, 0.2) is 0 Å². The Balaban J connectivity index is 1.93. The molecule has 0 atom stereocenters. The molecule has 1 saturated carbocycles. The maximum Gasteiger partial charge on any atom is 0.251 e. The summed E-state index contributed by atoms with van der Waals surface area (Å²) >= 11 is 3.37. The van der Waals surface area contributed by atoms with Crippen molar-refractivity contribution in [2.24, 2.45) is 0 Å². The smallest absolute Gasteiger partial charge is 0.251 e. The van der Waals surface area contributed by atoms with Crippen molar-refractivity contribution in [1.29, 1.82) is 0 Å². The van der Waals surface area contributed by atoms with Crippen LogP contribution in [0.5, 0.6) is 0 Å². The molecule has 0 radical (unpaired) electrons. The van der Waals surface area contributed by atoms with Gasteiger partial charge >= 0.3 is 0 Å². The molecule has 0 aromatic heterocycles. The van der Waals surface area contributed by atoms with Crippen LogP contribution in [0.25, 0.3) is 0 Å². The first-order chi connectivity index (χ1) is 8.25. The minimum absolute atomic E-state index is 0.0596. The summed E-state index contributed by atoms with van der Waals surface area (Å²) in [4.78, 5) is 12.0. The lowest BCUT2D eigenvalue weighted by atomic mass is 10.1. The summed E-state index contributed by atoms with van der Waals surface area (Å²) in [7, 11) is 0. The van der Waals surface area contributed by atoms with Crippen molar-refractivity contribution in [3.05, 3.63) is 34.3 Å². The number of carbonyl (C=O) groups excluding carboxylic acids is 1. The van der Waals surface area contributed by atoms with Crippen LogP contribution in [-0.2, 0) is 0 Å². The normalized spacial score (nSPS) is 17.5. The zero-order chi connectivity index (χ0) is 12.1. The molecule has 1 fully saturated rings. The van der Waals surface area contributed by atoms with Gasteiger partial charge in [0.25, 0.3) is 5.91 Å². The van der Waals surface area contributed by atoms with E-state index in [9.17, 15) is 4.79 Å². The number of hydrogen-bond acceptors (Lipinski definition) is 1. The third-order valence-electron chi connectivity index (χ3n) is 3.30. The molecule has 0 aliphatic heterocycles. The monoisotopic (exact) mass is 295 g/mol. The third kappa shape index (κ3) is 3.84. The van der Waals surface area contributed by atoms with Gasteiger partial charge in [-0.1, -0.05) is 41.6 Å². The number of amides is 1. The number of benzene rings is 1. The molecule has 17 heavy (non-hydrogen) atoms. The maximum absolute atomic E-state index is 12.0. The summed E-state index contributed by atoms with van der Waals surface area (Å²) in [6.45, 7) is 0. The van der Waals surface area contributed by atoms with Crippen LogP contribution in [0.15, 0.2) is 28.7 Å². The molecule has 1 amide bonds. The number of hydrogen-bond donors (Lipinski definition) is 1. The number of carbonyl (C=O) groups is 1. The van der Waals surface area contributed by atoms with Gasteiger partial charge in [0.05, 0.1) is 0 Å². The molecule has 1 aromatic carbocycles. The lowest BCUT2D eigenvalue weighted by molar-refractivity contribution is 0.0933. The molecule has 1 aliphatic carbocycles. The highest BCUT2D eigenvalue weighted by Crippen LogP contribution is 2.18. The molecule has 0 bridgehead atoms. The summed E-state index contributed by atoms with van der Waals surface area (Å²) in [5.74, 6) is 0.0596. The summed E-state index contributed by atoms with van der Waals surface area (Å²) in [5.41, 5.74) is 0.748. The van der Waals surface area contributed by atoms with Crippen LogP contribution in [0.4, 0.5) is 0 Å². The Morgan fingerprint density at radius 3 is 2.24 bits per heavy atom. The highest BCUT2D eigenvalue weighted by Gasteiger charge is 2.15. The predicted octanol–water partition coefficient (Wildman–Crippen LogP) is 3.90. The van der Waals surface area contributed by atoms with Gasteiger partial charge in [-0.15, -0.1) is 0 Å². The van der Waals surface area contributed by atoms with E-state index in [1.807, 2.05) is 24.3 Å². The first kappa shape index (κ1) is 12.6. The molecule has 1 N–H and O–H groups in total. The molecule has 0 spiro atoms. The molecule has 0 heterocycles. The largest absolute Gasteiger partial charge is 0.349 e. The fourth-order valence-electron chi connectivity index (χ4n) is 2.29. The number of nitrogens with one attached hydrogen (secondary N) is 1. The summed E-state index contributed by atoms with van der Waals surface area (Å²) in [6.07, 6.45) is 7.36. The quantitative estimate of drug-likeness (QED) is 0.824. The van der Waals surface area contributed by atoms with Gasteiger partial charge < -0.3 is 5.32 Å². The molecule has 1 aliphatic rings. The minimum atomic E-state index is 0.0596. The van der Waals surface area contributed by atoms with Crippen molar-refractivity contribution in [3.63, 3.8) is 0 Å². The Labute approximate surface area is 111 Å². The average molecular weight is 296 g/mol. The SMILES string of the molecule is O=C(NC1CCCCCC1)c1ccc(Br)cc1. The van der Waals surface area contributed by atoms with Crippen LogP contribution in [0, 0.1) is 0 Å². The van der Waals surface area contributed by atoms with Crippen molar-refractivity contribution in [2.45, 2.75) is 44.6 Å². The van der Waals surface area contributed by atoms with Gasteiger partial charge in [0, 0.05) is 16.1 Å². The molecule has 1 aromatic rings. The van der Waals surface area contributed by atoms with E-state index in [0.717, 1.165) is 22.9 Å². The van der Waals surface area contributed by atoms with Crippen LogP contribution >= 0.6 is 15.9 Å². The second kappa shape index (κ2) is 6.20. The highest BCUT2D eigenvalue weighted by molar-refractivity contribution is 9.10. The topological polar surface area (TPSA) is 29.1 Å². The number of halogens is 1. The van der Waals surface area contributed by atoms with Gasteiger partial charge in [-0.25, -0.2) is 0 Å². The fraction of sp³-hybridized carbons (Fsp3) is 0.500. The van der Waals surface area contributed by atoms with Crippen LogP contribution in [0.2, 0.25) is 0 Å². The van der Waals surface area contributed by atoms with E-state index in [2.05, 4.69) is 21.2 Å². The molecule has 3 heteroatoms. The summed E-state index contributed by atoms with van der Waals surface area (Å²) in [6, 6.07) is 7.89. The Morgan fingerprint density at radius 2 is 1.65 bits per heavy atom. The zero-order valence-corrected chi connectivity index (χ0v) is 11.5. The predicted molar refractivity (Wildman–Crippen MR) is 73.1 cm³/mol. The van der Waals surface area contributed by atoms with E-state index in [1.54, 1.807) is 0 Å². The van der Waals surface area contributed by atoms with Crippen LogP contribution in [0.3, 0.4) is 0 Å². The number of rotatable bonds is 2. The highest BCUT2D eigenvalue weighted by atomic mass is 79.9. The lowest BCUT2D eigenvalue weighted by Crippen LogP contribution is -2.34. The molecular weight excluding hydrogens is 278 g/mol. The first-order valence-corrected chi connectivity index (χ1v) is 7.11. The van der Waals surface area contributed by atoms with E-state index in [-0.39, 0.29) is 5.91 Å². The van der Waals surface area contributed by atoms with Gasteiger partial charge in [-0.05, 0) is 37.1 Å². The van der Waals surface area contributed by atoms with Crippen molar-refractivity contribution in [2.75, 3.05) is 0 Å². The van der Waals surface area contributed by atoms with Crippen LogP contribution in [0.1, 0.15) is 48.9 Å². The maximum atomic E-state index is 12.0. The molecule has 0 saturated heterocycles. The second-order valence-corrected chi connectivity index (χ2v) is 5.58. The Hall–Kier alpha value is -0.830. The van der Waals surface area contributed by atoms with Gasteiger partial charge in [0.1, 0.15) is 0 Å². The summed E-state index contributed by atoms with van der Waals surface area (Å²) < 4.78 is 1.00. The Morgan fingerprint density at radius 1 is 1.06 bits per heavy atom. The molecule has 2 rings (SSSR count). The standard InChI is InChI=1S/C14H18BrNO/c15-12-9-7-11(8-10-12)14(17)16-13-5-3-1-2-4-6-13/h7-10,13H,1-6H2,(H,16,17). The average Bonchev–Trinajstić information content (AvgIpc) is 2.58. The fourth-order valence-corrected chi connectivity index (χ4v) is 2.56. The van der Waals surface area contributed by atoms with Crippen molar-refractivity contribution in [3.8, 4) is 0 Å². The van der Waals surface area contributed by atoms with Crippen molar-refractivity contribution < 1.29 is 4.79 Å². The van der Waals surface area contributed by atoms with E-state index >= 15 is 0 Å². The minimum Gasteiger partial charge on any atom is -0.349 e. The molecule has 92 valence electrons.